The molecule has 146 valence electrons. The summed E-state index contributed by atoms with van der Waals surface area (Å²) in [5.74, 6) is -1.93. The van der Waals surface area contributed by atoms with Crippen LogP contribution >= 0.6 is 15.9 Å². The largest absolute Gasteiger partial charge is 0.315 e. The number of hydrazone groups is 1. The van der Waals surface area contributed by atoms with Crippen molar-refractivity contribution in [3.8, 4) is 11.8 Å². The van der Waals surface area contributed by atoms with Gasteiger partial charge in [0.2, 0.25) is 0 Å². The third-order valence-electron chi connectivity index (χ3n) is 4.33. The van der Waals surface area contributed by atoms with Gasteiger partial charge >= 0.3 is 0 Å². The van der Waals surface area contributed by atoms with Crippen molar-refractivity contribution in [3.05, 3.63) is 86.6 Å². The van der Waals surface area contributed by atoms with Gasteiger partial charge in [-0.1, -0.05) is 15.9 Å². The summed E-state index contributed by atoms with van der Waals surface area (Å²) in [6, 6.07) is 12.0. The van der Waals surface area contributed by atoms with E-state index in [-0.39, 0.29) is 16.9 Å². The van der Waals surface area contributed by atoms with Crippen LogP contribution in [0.15, 0.2) is 52.0 Å². The summed E-state index contributed by atoms with van der Waals surface area (Å²) in [6.45, 7) is 3.63. The Balaban J connectivity index is 1.82. The molecular formula is C21H15BrF2N4O. The Morgan fingerprint density at radius 3 is 2.59 bits per heavy atom. The van der Waals surface area contributed by atoms with E-state index >= 15 is 0 Å². The first-order valence-electron chi connectivity index (χ1n) is 8.49. The number of nitriles is 1. The lowest BCUT2D eigenvalue weighted by Gasteiger charge is -2.11. The number of carbonyl (C=O) groups is 1. The second-order valence-electron chi connectivity index (χ2n) is 6.26. The van der Waals surface area contributed by atoms with Crippen molar-refractivity contribution >= 4 is 28.1 Å². The number of hydrogen-bond donors (Lipinski definition) is 1. The van der Waals surface area contributed by atoms with E-state index in [1.54, 1.807) is 35.8 Å². The zero-order valence-corrected chi connectivity index (χ0v) is 17.1. The molecule has 5 nitrogen and oxygen atoms in total. The maximum absolute atomic E-state index is 14.3. The molecule has 29 heavy (non-hydrogen) atoms. The van der Waals surface area contributed by atoms with Crippen molar-refractivity contribution in [2.75, 3.05) is 0 Å². The van der Waals surface area contributed by atoms with Crippen LogP contribution in [0.4, 0.5) is 8.78 Å². The molecule has 2 aromatic carbocycles. The third-order valence-corrected chi connectivity index (χ3v) is 4.83. The lowest BCUT2D eigenvalue weighted by atomic mass is 10.1. The first-order valence-corrected chi connectivity index (χ1v) is 9.28. The molecule has 0 saturated heterocycles. The summed E-state index contributed by atoms with van der Waals surface area (Å²) in [5.41, 5.74) is 4.74. The zero-order valence-electron chi connectivity index (χ0n) is 15.5. The van der Waals surface area contributed by atoms with Crippen molar-refractivity contribution in [2.24, 2.45) is 5.10 Å². The lowest BCUT2D eigenvalue weighted by molar-refractivity contribution is 0.0951. The standard InChI is InChI=1S/C21H15BrF2N4O/c1-12-7-15(13(2)28(12)20-6-4-16(22)9-19(20)24)11-26-27-21(29)17-5-3-14(10-25)8-18(17)23/h3-9,11H,1-2H3,(H,27,29)/b26-11-. The molecule has 0 unspecified atom stereocenters. The summed E-state index contributed by atoms with van der Waals surface area (Å²) in [6.07, 6.45) is 1.41. The van der Waals surface area contributed by atoms with Gasteiger partial charge in [0.25, 0.3) is 5.91 Å². The van der Waals surface area contributed by atoms with Crippen molar-refractivity contribution in [2.45, 2.75) is 13.8 Å². The van der Waals surface area contributed by atoms with Crippen LogP contribution < -0.4 is 5.43 Å². The smallest absolute Gasteiger partial charge is 0.274 e. The van der Waals surface area contributed by atoms with Crippen LogP contribution in [-0.2, 0) is 0 Å². The van der Waals surface area contributed by atoms with Gasteiger partial charge in [-0.3, -0.25) is 4.79 Å². The molecule has 0 atom stereocenters. The van der Waals surface area contributed by atoms with Gasteiger partial charge in [0.15, 0.2) is 0 Å². The van der Waals surface area contributed by atoms with E-state index in [1.165, 1.54) is 24.4 Å². The highest BCUT2D eigenvalue weighted by molar-refractivity contribution is 9.10. The minimum atomic E-state index is -0.805. The minimum absolute atomic E-state index is 0.121. The molecule has 0 radical (unpaired) electrons. The van der Waals surface area contributed by atoms with Gasteiger partial charge < -0.3 is 4.57 Å². The number of rotatable bonds is 4. The molecule has 0 fully saturated rings. The van der Waals surface area contributed by atoms with Gasteiger partial charge in [0, 0.05) is 21.4 Å². The maximum Gasteiger partial charge on any atom is 0.274 e. The fraction of sp³-hybridized carbons (Fsp3) is 0.0952. The Labute approximate surface area is 174 Å². The Morgan fingerprint density at radius 1 is 1.17 bits per heavy atom. The van der Waals surface area contributed by atoms with Crippen LogP contribution in [0, 0.1) is 36.8 Å². The highest BCUT2D eigenvalue weighted by atomic mass is 79.9. The number of hydrogen-bond acceptors (Lipinski definition) is 3. The molecule has 1 aromatic heterocycles. The predicted octanol–water partition coefficient (Wildman–Crippen LogP) is 4.77. The fourth-order valence-electron chi connectivity index (χ4n) is 2.94. The van der Waals surface area contributed by atoms with Crippen molar-refractivity contribution in [3.63, 3.8) is 0 Å². The van der Waals surface area contributed by atoms with Gasteiger partial charge in [-0.15, -0.1) is 0 Å². The van der Waals surface area contributed by atoms with Crippen LogP contribution in [-0.4, -0.2) is 16.7 Å². The molecule has 1 N–H and O–H groups in total. The van der Waals surface area contributed by atoms with Gasteiger partial charge in [-0.25, -0.2) is 14.2 Å². The number of benzene rings is 2. The van der Waals surface area contributed by atoms with E-state index in [2.05, 4.69) is 26.5 Å². The summed E-state index contributed by atoms with van der Waals surface area (Å²) in [7, 11) is 0. The van der Waals surface area contributed by atoms with E-state index in [1.807, 2.05) is 6.92 Å². The van der Waals surface area contributed by atoms with Crippen molar-refractivity contribution in [1.82, 2.24) is 9.99 Å². The molecular weight excluding hydrogens is 442 g/mol. The van der Waals surface area contributed by atoms with E-state index in [0.29, 0.717) is 15.7 Å². The fourth-order valence-corrected chi connectivity index (χ4v) is 3.27. The highest BCUT2D eigenvalue weighted by Gasteiger charge is 2.14. The molecule has 0 aliphatic carbocycles. The highest BCUT2D eigenvalue weighted by Crippen LogP contribution is 2.24. The molecule has 0 saturated carbocycles. The predicted molar refractivity (Wildman–Crippen MR) is 109 cm³/mol. The molecule has 0 spiro atoms. The number of nitrogens with one attached hydrogen (secondary N) is 1. The summed E-state index contributed by atoms with van der Waals surface area (Å²) >= 11 is 3.24. The van der Waals surface area contributed by atoms with Crippen LogP contribution in [0.2, 0.25) is 0 Å². The summed E-state index contributed by atoms with van der Waals surface area (Å²) < 4.78 is 30.6. The molecule has 8 heteroatoms. The van der Waals surface area contributed by atoms with E-state index in [4.69, 9.17) is 5.26 Å². The number of aromatic nitrogens is 1. The van der Waals surface area contributed by atoms with Crippen molar-refractivity contribution in [1.29, 1.82) is 5.26 Å². The van der Waals surface area contributed by atoms with Gasteiger partial charge in [0.1, 0.15) is 11.6 Å². The van der Waals surface area contributed by atoms with Crippen LogP contribution in [0.1, 0.15) is 32.9 Å². The Bertz CT molecular complexity index is 1180. The average Bonchev–Trinajstić information content (AvgIpc) is 2.95. The second-order valence-corrected chi connectivity index (χ2v) is 7.18. The summed E-state index contributed by atoms with van der Waals surface area (Å²) in [4.78, 5) is 12.1. The van der Waals surface area contributed by atoms with Crippen LogP contribution in [0.25, 0.3) is 5.69 Å². The topological polar surface area (TPSA) is 70.2 Å². The maximum atomic E-state index is 14.3. The Hall–Kier alpha value is -3.31. The van der Waals surface area contributed by atoms with E-state index in [9.17, 15) is 13.6 Å². The van der Waals surface area contributed by atoms with Gasteiger partial charge in [-0.2, -0.15) is 10.4 Å². The van der Waals surface area contributed by atoms with Gasteiger partial charge in [0.05, 0.1) is 29.1 Å². The summed E-state index contributed by atoms with van der Waals surface area (Å²) in [5, 5.41) is 12.6. The number of halogens is 3. The monoisotopic (exact) mass is 456 g/mol. The number of aryl methyl sites for hydroxylation is 1. The number of nitrogens with zero attached hydrogens (tertiary/aromatic N) is 3. The molecule has 1 amide bonds. The number of amides is 1. The molecule has 0 bridgehead atoms. The van der Waals surface area contributed by atoms with Gasteiger partial charge in [-0.05, 0) is 56.3 Å². The van der Waals surface area contributed by atoms with E-state index in [0.717, 1.165) is 17.5 Å². The molecule has 3 rings (SSSR count). The van der Waals surface area contributed by atoms with Crippen LogP contribution in [0.5, 0.6) is 0 Å². The SMILES string of the molecule is Cc1cc(/C=N\NC(=O)c2ccc(C#N)cc2F)c(C)n1-c1ccc(Br)cc1F. The second kappa shape index (κ2) is 8.37. The Morgan fingerprint density at radius 2 is 1.93 bits per heavy atom. The van der Waals surface area contributed by atoms with Crippen molar-refractivity contribution < 1.29 is 13.6 Å². The van der Waals surface area contributed by atoms with Crippen LogP contribution in [0.3, 0.4) is 0 Å². The quantitative estimate of drug-likeness (QED) is 0.453. The molecule has 0 aliphatic heterocycles. The molecule has 0 aliphatic rings. The first kappa shape index (κ1) is 20.4. The first-order chi connectivity index (χ1) is 13.8. The minimum Gasteiger partial charge on any atom is -0.315 e. The normalized spacial score (nSPS) is 10.9. The average molecular weight is 457 g/mol. The number of carbonyl (C=O) groups excluding carboxylic acids is 1. The third kappa shape index (κ3) is 4.25. The molecule has 1 heterocycles. The lowest BCUT2D eigenvalue weighted by Crippen LogP contribution is -2.19. The molecule has 3 aromatic rings. The van der Waals surface area contributed by atoms with E-state index < -0.39 is 11.7 Å². The zero-order chi connectivity index (χ0) is 21.1. The Kier molecular flexibility index (Phi) is 5.89.